The molecule has 0 bridgehead atoms. The van der Waals surface area contributed by atoms with E-state index in [9.17, 15) is 14.4 Å². The minimum absolute atomic E-state index is 0.153. The molecule has 1 aromatic heterocycles. The van der Waals surface area contributed by atoms with Gasteiger partial charge in [-0.15, -0.1) is 0 Å². The summed E-state index contributed by atoms with van der Waals surface area (Å²) in [5.74, 6) is 0.183. The molecule has 3 fully saturated rings. The summed E-state index contributed by atoms with van der Waals surface area (Å²) in [5.41, 5.74) is 2.09. The first-order chi connectivity index (χ1) is 16.4. The van der Waals surface area contributed by atoms with Crippen molar-refractivity contribution in [3.05, 3.63) is 35.7 Å². The Morgan fingerprint density at radius 1 is 1.03 bits per heavy atom. The molecular formula is C25H31N5O4. The molecule has 2 saturated heterocycles. The SMILES string of the molecule is Cc1ccc(-c2noc(CN3CCN(C(=O)[C@H](C)N4C(=O)[C@H]5CCCC[C@H]5C4=O)CC3)n2)cc1. The zero-order valence-electron chi connectivity index (χ0n) is 19.8. The molecule has 2 aromatic rings. The Bertz CT molecular complexity index is 1050. The van der Waals surface area contributed by atoms with Crippen molar-refractivity contribution in [1.29, 1.82) is 0 Å². The Morgan fingerprint density at radius 3 is 2.26 bits per heavy atom. The summed E-state index contributed by atoms with van der Waals surface area (Å²) in [6.07, 6.45) is 3.47. The molecule has 3 aliphatic rings. The predicted octanol–water partition coefficient (Wildman–Crippen LogP) is 2.25. The van der Waals surface area contributed by atoms with Crippen molar-refractivity contribution in [1.82, 2.24) is 24.8 Å². The molecule has 0 spiro atoms. The summed E-state index contributed by atoms with van der Waals surface area (Å²) < 4.78 is 5.44. The second kappa shape index (κ2) is 9.29. The van der Waals surface area contributed by atoms with E-state index < -0.39 is 6.04 Å². The number of nitrogens with zero attached hydrogens (tertiary/aromatic N) is 5. The number of carbonyl (C=O) groups is 3. The van der Waals surface area contributed by atoms with Crippen LogP contribution in [0.15, 0.2) is 28.8 Å². The maximum absolute atomic E-state index is 13.2. The first kappa shape index (κ1) is 22.7. The average Bonchev–Trinajstić information content (AvgIpc) is 3.42. The Labute approximate surface area is 199 Å². The third kappa shape index (κ3) is 4.24. The van der Waals surface area contributed by atoms with Gasteiger partial charge in [-0.25, -0.2) is 0 Å². The molecule has 180 valence electrons. The van der Waals surface area contributed by atoms with Crippen molar-refractivity contribution in [3.8, 4) is 11.4 Å². The highest BCUT2D eigenvalue weighted by Gasteiger charge is 2.51. The molecule has 34 heavy (non-hydrogen) atoms. The number of benzene rings is 1. The summed E-state index contributed by atoms with van der Waals surface area (Å²) in [6, 6.07) is 7.23. The minimum Gasteiger partial charge on any atom is -0.338 e. The number of aryl methyl sites for hydroxylation is 1. The number of fused-ring (bicyclic) bond motifs is 1. The lowest BCUT2D eigenvalue weighted by Gasteiger charge is -2.36. The van der Waals surface area contributed by atoms with Crippen LogP contribution in [0.3, 0.4) is 0 Å². The molecule has 3 amide bonds. The molecule has 9 nitrogen and oxygen atoms in total. The van der Waals surface area contributed by atoms with E-state index in [-0.39, 0.29) is 29.6 Å². The summed E-state index contributed by atoms with van der Waals surface area (Å²) in [4.78, 5) is 48.6. The molecule has 9 heteroatoms. The third-order valence-electron chi connectivity index (χ3n) is 7.44. The van der Waals surface area contributed by atoms with Crippen LogP contribution in [0.4, 0.5) is 0 Å². The molecule has 1 saturated carbocycles. The van der Waals surface area contributed by atoms with Gasteiger partial charge >= 0.3 is 0 Å². The number of hydrogen-bond acceptors (Lipinski definition) is 7. The van der Waals surface area contributed by atoms with Crippen LogP contribution in [-0.4, -0.2) is 74.8 Å². The Kier molecular flexibility index (Phi) is 6.20. The van der Waals surface area contributed by atoms with Gasteiger partial charge in [-0.1, -0.05) is 47.8 Å². The van der Waals surface area contributed by atoms with Gasteiger partial charge in [0.1, 0.15) is 6.04 Å². The number of hydrogen-bond donors (Lipinski definition) is 0. The van der Waals surface area contributed by atoms with Crippen LogP contribution in [0, 0.1) is 18.8 Å². The fraction of sp³-hybridized carbons (Fsp3) is 0.560. The van der Waals surface area contributed by atoms with E-state index in [1.807, 2.05) is 31.2 Å². The molecule has 2 aliphatic heterocycles. The Morgan fingerprint density at radius 2 is 1.65 bits per heavy atom. The lowest BCUT2D eigenvalue weighted by atomic mass is 9.81. The van der Waals surface area contributed by atoms with E-state index in [1.54, 1.807) is 11.8 Å². The summed E-state index contributed by atoms with van der Waals surface area (Å²) in [5, 5.41) is 4.09. The summed E-state index contributed by atoms with van der Waals surface area (Å²) in [6.45, 7) is 6.62. The number of aromatic nitrogens is 2. The van der Waals surface area contributed by atoms with Crippen molar-refractivity contribution < 1.29 is 18.9 Å². The maximum Gasteiger partial charge on any atom is 0.245 e. The summed E-state index contributed by atoms with van der Waals surface area (Å²) in [7, 11) is 0. The molecule has 1 aliphatic carbocycles. The van der Waals surface area contributed by atoms with Crippen molar-refractivity contribution >= 4 is 17.7 Å². The standard InChI is InChI=1S/C25H31N5O4/c1-16-7-9-18(10-8-16)22-26-21(34-27-22)15-28-11-13-29(14-12-28)23(31)17(2)30-24(32)19-5-3-4-6-20(19)25(30)33/h7-10,17,19-20H,3-6,11-15H2,1-2H3/t17-,19-,20+/m0/s1. The normalized spacial score (nSPS) is 24.4. The second-order valence-corrected chi connectivity index (χ2v) is 9.70. The van der Waals surface area contributed by atoms with E-state index >= 15 is 0 Å². The second-order valence-electron chi connectivity index (χ2n) is 9.70. The Hall–Kier alpha value is -3.07. The summed E-state index contributed by atoms with van der Waals surface area (Å²) >= 11 is 0. The predicted molar refractivity (Wildman–Crippen MR) is 123 cm³/mol. The van der Waals surface area contributed by atoms with E-state index in [1.165, 1.54) is 10.5 Å². The Balaban J connectivity index is 1.15. The van der Waals surface area contributed by atoms with Crippen molar-refractivity contribution in [2.45, 2.75) is 52.1 Å². The van der Waals surface area contributed by atoms with Gasteiger partial charge < -0.3 is 9.42 Å². The number of imide groups is 1. The smallest absolute Gasteiger partial charge is 0.245 e. The van der Waals surface area contributed by atoms with Gasteiger partial charge in [0, 0.05) is 31.7 Å². The minimum atomic E-state index is -0.745. The number of rotatable bonds is 5. The molecule has 5 rings (SSSR count). The largest absolute Gasteiger partial charge is 0.338 e. The van der Waals surface area contributed by atoms with Crippen LogP contribution in [0.5, 0.6) is 0 Å². The number of amides is 3. The van der Waals surface area contributed by atoms with Crippen LogP contribution in [0.2, 0.25) is 0 Å². The van der Waals surface area contributed by atoms with E-state index in [0.717, 1.165) is 31.2 Å². The number of likely N-dealkylation sites (tertiary alicyclic amines) is 1. The molecule has 0 radical (unpaired) electrons. The van der Waals surface area contributed by atoms with Crippen molar-refractivity contribution in [2.75, 3.05) is 26.2 Å². The van der Waals surface area contributed by atoms with Gasteiger partial charge in [0.05, 0.1) is 18.4 Å². The van der Waals surface area contributed by atoms with Gasteiger partial charge in [0.15, 0.2) is 0 Å². The highest BCUT2D eigenvalue weighted by molar-refractivity contribution is 6.08. The van der Waals surface area contributed by atoms with Gasteiger partial charge in [-0.05, 0) is 26.7 Å². The lowest BCUT2D eigenvalue weighted by Crippen LogP contribution is -2.55. The van der Waals surface area contributed by atoms with E-state index in [2.05, 4.69) is 15.0 Å². The highest BCUT2D eigenvalue weighted by atomic mass is 16.5. The van der Waals surface area contributed by atoms with E-state index in [4.69, 9.17) is 4.52 Å². The average molecular weight is 466 g/mol. The fourth-order valence-corrected chi connectivity index (χ4v) is 5.40. The molecule has 0 unspecified atom stereocenters. The highest BCUT2D eigenvalue weighted by Crippen LogP contribution is 2.39. The van der Waals surface area contributed by atoms with Gasteiger partial charge in [-0.2, -0.15) is 4.98 Å². The van der Waals surface area contributed by atoms with Crippen molar-refractivity contribution in [3.63, 3.8) is 0 Å². The van der Waals surface area contributed by atoms with Gasteiger partial charge in [0.2, 0.25) is 29.4 Å². The van der Waals surface area contributed by atoms with Crippen LogP contribution >= 0.6 is 0 Å². The molecule has 0 N–H and O–H groups in total. The number of piperazine rings is 1. The molecule has 1 aromatic carbocycles. The van der Waals surface area contributed by atoms with Crippen molar-refractivity contribution in [2.24, 2.45) is 11.8 Å². The van der Waals surface area contributed by atoms with Gasteiger partial charge in [-0.3, -0.25) is 24.2 Å². The molecular weight excluding hydrogens is 434 g/mol. The zero-order chi connectivity index (χ0) is 23.8. The van der Waals surface area contributed by atoms with Gasteiger partial charge in [0.25, 0.3) is 0 Å². The van der Waals surface area contributed by atoms with Crippen LogP contribution < -0.4 is 0 Å². The number of carbonyl (C=O) groups excluding carboxylic acids is 3. The van der Waals surface area contributed by atoms with Crippen LogP contribution in [0.1, 0.15) is 44.1 Å². The first-order valence-electron chi connectivity index (χ1n) is 12.2. The zero-order valence-corrected chi connectivity index (χ0v) is 19.8. The fourth-order valence-electron chi connectivity index (χ4n) is 5.40. The van der Waals surface area contributed by atoms with Crippen LogP contribution in [0.25, 0.3) is 11.4 Å². The van der Waals surface area contributed by atoms with Crippen LogP contribution in [-0.2, 0) is 20.9 Å². The lowest BCUT2D eigenvalue weighted by molar-refractivity contribution is -0.151. The maximum atomic E-state index is 13.2. The molecule has 3 atom stereocenters. The quantitative estimate of drug-likeness (QED) is 0.625. The third-order valence-corrected chi connectivity index (χ3v) is 7.44. The first-order valence-corrected chi connectivity index (χ1v) is 12.2. The topological polar surface area (TPSA) is 99.9 Å². The molecule has 3 heterocycles. The van der Waals surface area contributed by atoms with E-state index in [0.29, 0.717) is 44.4 Å². The monoisotopic (exact) mass is 465 g/mol.